The van der Waals surface area contributed by atoms with E-state index in [-0.39, 0.29) is 12.1 Å². The molecule has 1 atom stereocenters. The van der Waals surface area contributed by atoms with E-state index >= 15 is 0 Å². The zero-order chi connectivity index (χ0) is 14.3. The van der Waals surface area contributed by atoms with Crippen molar-refractivity contribution >= 4 is 11.6 Å². The van der Waals surface area contributed by atoms with Crippen LogP contribution in [-0.4, -0.2) is 25.9 Å². The summed E-state index contributed by atoms with van der Waals surface area (Å²) in [5, 5.41) is 4.07. The molecule has 0 spiro atoms. The van der Waals surface area contributed by atoms with Crippen LogP contribution < -0.4 is 10.1 Å². The monoisotopic (exact) mass is 285 g/mol. The number of hydrogen-bond acceptors (Lipinski definition) is 3. The van der Waals surface area contributed by atoms with Gasteiger partial charge in [0.2, 0.25) is 0 Å². The lowest BCUT2D eigenvalue weighted by molar-refractivity contribution is 0.0552. The zero-order valence-electron chi connectivity index (χ0n) is 12.2. The van der Waals surface area contributed by atoms with E-state index in [2.05, 4.69) is 19.2 Å². The highest BCUT2D eigenvalue weighted by atomic mass is 35.5. The molecular weight excluding hydrogens is 262 g/mol. The molecule has 1 aromatic carbocycles. The van der Waals surface area contributed by atoms with Crippen LogP contribution in [0.1, 0.15) is 39.3 Å². The van der Waals surface area contributed by atoms with Gasteiger partial charge >= 0.3 is 0 Å². The van der Waals surface area contributed by atoms with Crippen molar-refractivity contribution < 1.29 is 9.47 Å². The second-order valence-electron chi connectivity index (χ2n) is 4.73. The molecule has 0 aromatic heterocycles. The fourth-order valence-electron chi connectivity index (χ4n) is 1.81. The smallest absolute Gasteiger partial charge is 0.120 e. The second-order valence-corrected chi connectivity index (χ2v) is 5.14. The first-order valence-electron chi connectivity index (χ1n) is 6.81. The maximum absolute atomic E-state index is 6.27. The maximum Gasteiger partial charge on any atom is 0.120 e. The van der Waals surface area contributed by atoms with Gasteiger partial charge in [0, 0.05) is 11.1 Å². The van der Waals surface area contributed by atoms with Crippen LogP contribution in [0.2, 0.25) is 5.02 Å². The minimum Gasteiger partial charge on any atom is -0.491 e. The second kappa shape index (κ2) is 8.41. The van der Waals surface area contributed by atoms with Crippen LogP contribution in [-0.2, 0) is 4.74 Å². The number of ether oxygens (including phenoxy) is 2. The molecule has 0 aliphatic heterocycles. The molecule has 0 radical (unpaired) electrons. The SMILES string of the molecule is CCNC(C)c1ccc(OCCOC(C)C)cc1Cl. The fraction of sp³-hybridized carbons (Fsp3) is 0.600. The summed E-state index contributed by atoms with van der Waals surface area (Å²) in [5.74, 6) is 0.782. The van der Waals surface area contributed by atoms with Crippen molar-refractivity contribution in [1.82, 2.24) is 5.32 Å². The Labute approximate surface area is 121 Å². The highest BCUT2D eigenvalue weighted by Crippen LogP contribution is 2.27. The lowest BCUT2D eigenvalue weighted by Gasteiger charge is -2.15. The van der Waals surface area contributed by atoms with Crippen LogP contribution in [0.3, 0.4) is 0 Å². The quantitative estimate of drug-likeness (QED) is 0.737. The first-order chi connectivity index (χ1) is 9.04. The van der Waals surface area contributed by atoms with Gasteiger partial charge in [-0.2, -0.15) is 0 Å². The summed E-state index contributed by atoms with van der Waals surface area (Å²) in [5.41, 5.74) is 1.09. The van der Waals surface area contributed by atoms with Gasteiger partial charge in [-0.25, -0.2) is 0 Å². The molecule has 4 heteroatoms. The Morgan fingerprint density at radius 2 is 1.95 bits per heavy atom. The van der Waals surface area contributed by atoms with E-state index in [9.17, 15) is 0 Å². The average Bonchev–Trinajstić information content (AvgIpc) is 2.34. The van der Waals surface area contributed by atoms with E-state index < -0.39 is 0 Å². The molecular formula is C15H24ClNO2. The number of halogens is 1. The van der Waals surface area contributed by atoms with E-state index in [1.807, 2.05) is 32.0 Å². The lowest BCUT2D eigenvalue weighted by atomic mass is 10.1. The third-order valence-corrected chi connectivity index (χ3v) is 3.08. The van der Waals surface area contributed by atoms with Gasteiger partial charge in [0.05, 0.1) is 12.7 Å². The van der Waals surface area contributed by atoms with E-state index in [4.69, 9.17) is 21.1 Å². The molecule has 3 nitrogen and oxygen atoms in total. The third kappa shape index (κ3) is 5.81. The standard InChI is InChI=1S/C15H24ClNO2/c1-5-17-12(4)14-7-6-13(10-15(14)16)19-9-8-18-11(2)3/h6-7,10-12,17H,5,8-9H2,1-4H3. The van der Waals surface area contributed by atoms with Crippen molar-refractivity contribution in [3.8, 4) is 5.75 Å². The van der Waals surface area contributed by atoms with Gasteiger partial charge in [-0.15, -0.1) is 0 Å². The summed E-state index contributed by atoms with van der Waals surface area (Å²) in [6, 6.07) is 6.06. The highest BCUT2D eigenvalue weighted by Gasteiger charge is 2.09. The molecule has 19 heavy (non-hydrogen) atoms. The summed E-state index contributed by atoms with van der Waals surface area (Å²) in [6.45, 7) is 10.2. The average molecular weight is 286 g/mol. The molecule has 0 fully saturated rings. The predicted molar refractivity (Wildman–Crippen MR) is 80.1 cm³/mol. The topological polar surface area (TPSA) is 30.5 Å². The van der Waals surface area contributed by atoms with Crippen LogP contribution in [0.4, 0.5) is 0 Å². The summed E-state index contributed by atoms with van der Waals surface area (Å²) in [4.78, 5) is 0. The van der Waals surface area contributed by atoms with Crippen LogP contribution in [0.15, 0.2) is 18.2 Å². The van der Waals surface area contributed by atoms with E-state index in [0.29, 0.717) is 13.2 Å². The van der Waals surface area contributed by atoms with Crippen molar-refractivity contribution in [2.24, 2.45) is 0 Å². The molecule has 0 amide bonds. The van der Waals surface area contributed by atoms with Crippen LogP contribution in [0.25, 0.3) is 0 Å². The van der Waals surface area contributed by atoms with Gasteiger partial charge in [0.25, 0.3) is 0 Å². The van der Waals surface area contributed by atoms with Crippen molar-refractivity contribution in [2.75, 3.05) is 19.8 Å². The van der Waals surface area contributed by atoms with Gasteiger partial charge in [-0.3, -0.25) is 0 Å². The summed E-state index contributed by atoms with van der Waals surface area (Å²) >= 11 is 6.27. The summed E-state index contributed by atoms with van der Waals surface area (Å²) in [6.07, 6.45) is 0.232. The lowest BCUT2D eigenvalue weighted by Crippen LogP contribution is -2.18. The minimum atomic E-state index is 0.232. The van der Waals surface area contributed by atoms with E-state index in [1.54, 1.807) is 0 Å². The third-order valence-electron chi connectivity index (χ3n) is 2.75. The molecule has 0 saturated carbocycles. The molecule has 1 N–H and O–H groups in total. The van der Waals surface area contributed by atoms with Crippen LogP contribution in [0.5, 0.6) is 5.75 Å². The van der Waals surface area contributed by atoms with Gasteiger partial charge in [0.15, 0.2) is 0 Å². The highest BCUT2D eigenvalue weighted by molar-refractivity contribution is 6.31. The Morgan fingerprint density at radius 3 is 2.53 bits per heavy atom. The largest absolute Gasteiger partial charge is 0.491 e. The van der Waals surface area contributed by atoms with Gasteiger partial charge in [0.1, 0.15) is 12.4 Å². The minimum absolute atomic E-state index is 0.232. The molecule has 1 unspecified atom stereocenters. The first kappa shape index (κ1) is 16.3. The van der Waals surface area contributed by atoms with Gasteiger partial charge in [-0.05, 0) is 45.0 Å². The van der Waals surface area contributed by atoms with Crippen LogP contribution >= 0.6 is 11.6 Å². The fourth-order valence-corrected chi connectivity index (χ4v) is 2.14. The molecule has 0 aliphatic carbocycles. The Morgan fingerprint density at radius 1 is 1.21 bits per heavy atom. The Bertz CT molecular complexity index is 382. The van der Waals surface area contributed by atoms with E-state index in [1.165, 1.54) is 0 Å². The molecule has 1 rings (SSSR count). The van der Waals surface area contributed by atoms with Crippen molar-refractivity contribution in [1.29, 1.82) is 0 Å². The summed E-state index contributed by atoms with van der Waals surface area (Å²) < 4.78 is 11.0. The summed E-state index contributed by atoms with van der Waals surface area (Å²) in [7, 11) is 0. The maximum atomic E-state index is 6.27. The Balaban J connectivity index is 2.52. The first-order valence-corrected chi connectivity index (χ1v) is 7.19. The van der Waals surface area contributed by atoms with Crippen molar-refractivity contribution in [2.45, 2.75) is 39.8 Å². The zero-order valence-corrected chi connectivity index (χ0v) is 13.0. The van der Waals surface area contributed by atoms with Crippen LogP contribution in [0, 0.1) is 0 Å². The predicted octanol–water partition coefficient (Wildman–Crippen LogP) is 3.81. The molecule has 0 bridgehead atoms. The number of nitrogens with one attached hydrogen (secondary N) is 1. The normalized spacial score (nSPS) is 12.7. The number of hydrogen-bond donors (Lipinski definition) is 1. The van der Waals surface area contributed by atoms with Crippen molar-refractivity contribution in [3.05, 3.63) is 28.8 Å². The molecule has 108 valence electrons. The molecule has 1 aromatic rings. The van der Waals surface area contributed by atoms with Gasteiger partial charge in [-0.1, -0.05) is 24.6 Å². The van der Waals surface area contributed by atoms with E-state index in [0.717, 1.165) is 22.9 Å². The molecule has 0 heterocycles. The Kier molecular flexibility index (Phi) is 7.21. The molecule has 0 aliphatic rings. The van der Waals surface area contributed by atoms with Crippen molar-refractivity contribution in [3.63, 3.8) is 0 Å². The molecule has 0 saturated heterocycles. The van der Waals surface area contributed by atoms with Gasteiger partial charge < -0.3 is 14.8 Å². The number of rotatable bonds is 8. The Hall–Kier alpha value is -0.770. The number of benzene rings is 1.